The van der Waals surface area contributed by atoms with Gasteiger partial charge in [-0.3, -0.25) is 9.59 Å². The predicted molar refractivity (Wildman–Crippen MR) is 91.4 cm³/mol. The summed E-state index contributed by atoms with van der Waals surface area (Å²) in [5, 5.41) is 13.2. The molecule has 0 unspecified atom stereocenters. The van der Waals surface area contributed by atoms with Crippen molar-refractivity contribution in [3.8, 4) is 11.6 Å². The van der Waals surface area contributed by atoms with Crippen LogP contribution in [0.4, 0.5) is 0 Å². The molecule has 0 atom stereocenters. The maximum atomic E-state index is 12.0. The number of nitrogens with zero attached hydrogens (tertiary/aromatic N) is 2. The van der Waals surface area contributed by atoms with E-state index in [0.717, 1.165) is 0 Å². The highest BCUT2D eigenvalue weighted by molar-refractivity contribution is 6.37. The molecule has 0 aliphatic heterocycles. The van der Waals surface area contributed by atoms with Crippen LogP contribution >= 0.6 is 23.2 Å². The molecule has 0 aliphatic carbocycles. The van der Waals surface area contributed by atoms with Crippen LogP contribution in [0.1, 0.15) is 30.9 Å². The number of carbonyl (C=O) groups is 1. The van der Waals surface area contributed by atoms with Crippen molar-refractivity contribution in [1.29, 1.82) is 0 Å². The van der Waals surface area contributed by atoms with Crippen molar-refractivity contribution < 1.29 is 14.6 Å². The third-order valence-corrected chi connectivity index (χ3v) is 3.87. The third-order valence-electron chi connectivity index (χ3n) is 3.31. The van der Waals surface area contributed by atoms with E-state index in [0.29, 0.717) is 11.1 Å². The summed E-state index contributed by atoms with van der Waals surface area (Å²) in [6.45, 7) is 3.78. The molecule has 6 nitrogen and oxygen atoms in total. The maximum absolute atomic E-state index is 12.0. The molecule has 0 radical (unpaired) electrons. The topological polar surface area (TPSA) is 81.4 Å². The predicted octanol–water partition coefficient (Wildman–Crippen LogP) is 3.63. The summed E-state index contributed by atoms with van der Waals surface area (Å²) in [4.78, 5) is 22.8. The van der Waals surface area contributed by atoms with E-state index in [9.17, 15) is 9.59 Å². The van der Waals surface area contributed by atoms with E-state index in [2.05, 4.69) is 5.10 Å². The molecule has 0 aliphatic rings. The SMILES string of the molecule is CC(C)c1cc(Oc2c(Cl)cc(CC(=O)O)cc2Cl)nn(C)c1=O. The van der Waals surface area contributed by atoms with Gasteiger partial charge in [-0.1, -0.05) is 37.0 Å². The van der Waals surface area contributed by atoms with Gasteiger partial charge in [0.05, 0.1) is 16.5 Å². The van der Waals surface area contributed by atoms with Crippen molar-refractivity contribution in [1.82, 2.24) is 9.78 Å². The van der Waals surface area contributed by atoms with Crippen LogP contribution in [0.25, 0.3) is 0 Å². The van der Waals surface area contributed by atoms with Gasteiger partial charge in [0.2, 0.25) is 5.88 Å². The van der Waals surface area contributed by atoms with Crippen LogP contribution in [0.15, 0.2) is 23.0 Å². The van der Waals surface area contributed by atoms with Gasteiger partial charge in [-0.25, -0.2) is 4.68 Å². The molecule has 1 N–H and O–H groups in total. The van der Waals surface area contributed by atoms with Crippen molar-refractivity contribution in [2.75, 3.05) is 0 Å². The lowest BCUT2D eigenvalue weighted by molar-refractivity contribution is -0.136. The fraction of sp³-hybridized carbons (Fsp3) is 0.312. The van der Waals surface area contributed by atoms with Crippen molar-refractivity contribution in [3.05, 3.63) is 49.7 Å². The van der Waals surface area contributed by atoms with Crippen molar-refractivity contribution in [2.24, 2.45) is 7.05 Å². The summed E-state index contributed by atoms with van der Waals surface area (Å²) < 4.78 is 6.83. The first-order valence-corrected chi connectivity index (χ1v) is 7.90. The first-order chi connectivity index (χ1) is 11.2. The number of halogens is 2. The fourth-order valence-electron chi connectivity index (χ4n) is 2.16. The van der Waals surface area contributed by atoms with E-state index in [1.54, 1.807) is 6.07 Å². The number of aliphatic carboxylic acids is 1. The molecule has 0 saturated carbocycles. The average Bonchev–Trinajstić information content (AvgIpc) is 2.45. The summed E-state index contributed by atoms with van der Waals surface area (Å²) >= 11 is 12.3. The summed E-state index contributed by atoms with van der Waals surface area (Å²) in [5.74, 6) is -0.654. The van der Waals surface area contributed by atoms with Gasteiger partial charge in [-0.05, 0) is 23.6 Å². The quantitative estimate of drug-likeness (QED) is 0.868. The Morgan fingerprint density at radius 3 is 2.38 bits per heavy atom. The van der Waals surface area contributed by atoms with Crippen molar-refractivity contribution in [3.63, 3.8) is 0 Å². The van der Waals surface area contributed by atoms with Gasteiger partial charge in [0.25, 0.3) is 5.56 Å². The lowest BCUT2D eigenvalue weighted by Gasteiger charge is -2.13. The third kappa shape index (κ3) is 4.07. The maximum Gasteiger partial charge on any atom is 0.307 e. The van der Waals surface area contributed by atoms with Crippen LogP contribution in [-0.2, 0) is 18.3 Å². The van der Waals surface area contributed by atoms with E-state index in [1.807, 2.05) is 13.8 Å². The first-order valence-electron chi connectivity index (χ1n) is 7.15. The van der Waals surface area contributed by atoms with E-state index in [-0.39, 0.29) is 39.6 Å². The average molecular weight is 371 g/mol. The highest BCUT2D eigenvalue weighted by atomic mass is 35.5. The zero-order chi connectivity index (χ0) is 18.0. The van der Waals surface area contributed by atoms with Crippen molar-refractivity contribution in [2.45, 2.75) is 26.2 Å². The minimum Gasteiger partial charge on any atom is -0.481 e. The smallest absolute Gasteiger partial charge is 0.307 e. The first kappa shape index (κ1) is 18.3. The molecule has 1 heterocycles. The normalized spacial score (nSPS) is 10.9. The molecular formula is C16H16Cl2N2O4. The molecule has 128 valence electrons. The number of ether oxygens (including phenoxy) is 1. The van der Waals surface area contributed by atoms with Gasteiger partial charge in [0.15, 0.2) is 5.75 Å². The molecule has 8 heteroatoms. The Labute approximate surface area is 148 Å². The summed E-state index contributed by atoms with van der Waals surface area (Å²) in [7, 11) is 1.53. The second-order valence-corrected chi connectivity index (χ2v) is 6.40. The second kappa shape index (κ2) is 7.23. The van der Waals surface area contributed by atoms with Crippen LogP contribution in [0, 0.1) is 0 Å². The summed E-state index contributed by atoms with van der Waals surface area (Å²) in [6, 6.07) is 4.50. The van der Waals surface area contributed by atoms with Crippen LogP contribution in [0.2, 0.25) is 10.0 Å². The molecule has 0 saturated heterocycles. The monoisotopic (exact) mass is 370 g/mol. The Bertz CT molecular complexity index is 823. The Morgan fingerprint density at radius 2 is 1.88 bits per heavy atom. The molecule has 2 rings (SSSR count). The standard InChI is InChI=1S/C16H16Cl2N2O4/c1-8(2)10-7-13(19-20(3)16(10)23)24-15-11(17)4-9(5-12(15)18)6-14(21)22/h4-5,7-8H,6H2,1-3H3,(H,21,22). The summed E-state index contributed by atoms with van der Waals surface area (Å²) in [6.07, 6.45) is -0.199. The molecule has 24 heavy (non-hydrogen) atoms. The van der Waals surface area contributed by atoms with Gasteiger partial charge >= 0.3 is 5.97 Å². The van der Waals surface area contributed by atoms with Crippen LogP contribution in [0.3, 0.4) is 0 Å². The number of carboxylic acid groups (broad SMARTS) is 1. The molecule has 1 aromatic carbocycles. The van der Waals surface area contributed by atoms with Gasteiger partial charge in [0.1, 0.15) is 0 Å². The second-order valence-electron chi connectivity index (χ2n) is 5.58. The molecule has 0 bridgehead atoms. The lowest BCUT2D eigenvalue weighted by Crippen LogP contribution is -2.24. The highest BCUT2D eigenvalue weighted by Crippen LogP contribution is 2.37. The van der Waals surface area contributed by atoms with Crippen molar-refractivity contribution >= 4 is 29.2 Å². The minimum atomic E-state index is -0.989. The van der Waals surface area contributed by atoms with Gasteiger partial charge < -0.3 is 9.84 Å². The number of carboxylic acids is 1. The molecule has 0 amide bonds. The van der Waals surface area contributed by atoms with E-state index >= 15 is 0 Å². The van der Waals surface area contributed by atoms with E-state index in [1.165, 1.54) is 23.9 Å². The Morgan fingerprint density at radius 1 is 1.29 bits per heavy atom. The highest BCUT2D eigenvalue weighted by Gasteiger charge is 2.16. The van der Waals surface area contributed by atoms with Crippen LogP contribution in [0.5, 0.6) is 11.6 Å². The molecule has 1 aromatic heterocycles. The van der Waals surface area contributed by atoms with Gasteiger partial charge in [0, 0.05) is 18.7 Å². The minimum absolute atomic E-state index is 0.00191. The Hall–Kier alpha value is -2.05. The number of rotatable bonds is 5. The van der Waals surface area contributed by atoms with Gasteiger partial charge in [-0.15, -0.1) is 5.10 Å². The number of benzene rings is 1. The fourth-order valence-corrected chi connectivity index (χ4v) is 2.77. The molecule has 2 aromatic rings. The Kier molecular flexibility index (Phi) is 5.51. The zero-order valence-electron chi connectivity index (χ0n) is 13.3. The zero-order valence-corrected chi connectivity index (χ0v) is 14.9. The van der Waals surface area contributed by atoms with E-state index in [4.69, 9.17) is 33.0 Å². The Balaban J connectivity index is 2.42. The number of aromatic nitrogens is 2. The largest absolute Gasteiger partial charge is 0.481 e. The molecular weight excluding hydrogens is 355 g/mol. The number of hydrogen-bond acceptors (Lipinski definition) is 4. The number of hydrogen-bond donors (Lipinski definition) is 1. The van der Waals surface area contributed by atoms with E-state index < -0.39 is 5.97 Å². The summed E-state index contributed by atoms with van der Waals surface area (Å²) in [5.41, 5.74) is 0.810. The lowest BCUT2D eigenvalue weighted by atomic mass is 10.1. The van der Waals surface area contributed by atoms with Gasteiger partial charge in [-0.2, -0.15) is 0 Å². The molecule has 0 fully saturated rings. The number of aryl methyl sites for hydroxylation is 1. The van der Waals surface area contributed by atoms with Crippen LogP contribution < -0.4 is 10.3 Å². The van der Waals surface area contributed by atoms with Crippen LogP contribution in [-0.4, -0.2) is 20.9 Å². The molecule has 0 spiro atoms.